The van der Waals surface area contributed by atoms with Crippen LogP contribution in [0.15, 0.2) is 158 Å². The van der Waals surface area contributed by atoms with Crippen LogP contribution in [0.25, 0.3) is 0 Å². The number of hydrogen-bond donors (Lipinski definition) is 0. The molecule has 0 amide bonds. The molecule has 0 saturated carbocycles. The molecule has 0 aliphatic heterocycles. The summed E-state index contributed by atoms with van der Waals surface area (Å²) in [7, 11) is 0. The summed E-state index contributed by atoms with van der Waals surface area (Å²) in [6.45, 7) is 6.33. The van der Waals surface area contributed by atoms with Crippen molar-refractivity contribution in [2.24, 2.45) is 0 Å². The average Bonchev–Trinajstić information content (AvgIpc) is 3.46. The van der Waals surface area contributed by atoms with Gasteiger partial charge in [-0.1, -0.05) is 288 Å². The first kappa shape index (κ1) is 75.0. The van der Waals surface area contributed by atoms with Crippen LogP contribution >= 0.6 is 0 Å². The van der Waals surface area contributed by atoms with Gasteiger partial charge < -0.3 is 14.2 Å². The fourth-order valence-corrected chi connectivity index (χ4v) is 8.49. The first-order valence-electron chi connectivity index (χ1n) is 32.5. The number of carbonyl (C=O) groups excluding carboxylic acids is 3. The van der Waals surface area contributed by atoms with E-state index in [1.54, 1.807) is 0 Å². The molecule has 0 rings (SSSR count). The van der Waals surface area contributed by atoms with Gasteiger partial charge in [-0.2, -0.15) is 0 Å². The van der Waals surface area contributed by atoms with E-state index in [9.17, 15) is 14.4 Å². The molecule has 1 atom stereocenters. The van der Waals surface area contributed by atoms with E-state index < -0.39 is 6.10 Å². The lowest BCUT2D eigenvalue weighted by Gasteiger charge is -2.18. The van der Waals surface area contributed by atoms with Crippen LogP contribution in [-0.2, 0) is 28.6 Å². The van der Waals surface area contributed by atoms with Gasteiger partial charge in [0.15, 0.2) is 6.10 Å². The fourth-order valence-electron chi connectivity index (χ4n) is 8.49. The van der Waals surface area contributed by atoms with E-state index in [2.05, 4.69) is 179 Å². The van der Waals surface area contributed by atoms with Crippen molar-refractivity contribution in [1.82, 2.24) is 0 Å². The molecular weight excluding hydrogens is 985 g/mol. The Balaban J connectivity index is 4.31. The molecule has 0 aromatic carbocycles. The molecule has 0 N–H and O–H groups in total. The second kappa shape index (κ2) is 66.5. The number of ether oxygens (including phenoxy) is 3. The van der Waals surface area contributed by atoms with Crippen molar-refractivity contribution in [3.63, 3.8) is 0 Å². The van der Waals surface area contributed by atoms with Crippen molar-refractivity contribution in [3.05, 3.63) is 158 Å². The molecule has 0 aliphatic rings. The van der Waals surface area contributed by atoms with Crippen molar-refractivity contribution in [3.8, 4) is 0 Å². The number of allylic oxidation sites excluding steroid dienone is 26. The van der Waals surface area contributed by atoms with E-state index in [1.165, 1.54) is 96.3 Å². The van der Waals surface area contributed by atoms with Gasteiger partial charge in [0, 0.05) is 19.3 Å². The molecule has 6 heteroatoms. The zero-order chi connectivity index (χ0) is 57.8. The number of unbranched alkanes of at least 4 members (excludes halogenated alkanes) is 20. The van der Waals surface area contributed by atoms with Gasteiger partial charge in [-0.3, -0.25) is 14.4 Å². The van der Waals surface area contributed by atoms with Gasteiger partial charge in [0.05, 0.1) is 0 Å². The molecule has 1 unspecified atom stereocenters. The van der Waals surface area contributed by atoms with E-state index in [-0.39, 0.29) is 37.5 Å². The molecule has 0 aliphatic carbocycles. The molecule has 0 aromatic heterocycles. The molecule has 80 heavy (non-hydrogen) atoms. The van der Waals surface area contributed by atoms with E-state index >= 15 is 0 Å². The number of hydrogen-bond acceptors (Lipinski definition) is 6. The van der Waals surface area contributed by atoms with Gasteiger partial charge in [0.2, 0.25) is 0 Å². The third-order valence-corrected chi connectivity index (χ3v) is 13.3. The second-order valence-electron chi connectivity index (χ2n) is 20.9. The van der Waals surface area contributed by atoms with Crippen molar-refractivity contribution in [1.29, 1.82) is 0 Å². The molecule has 6 nitrogen and oxygen atoms in total. The molecule has 0 bridgehead atoms. The SMILES string of the molecule is CC/C=C\C/C=C\C/C=C\C/C=C\C/C=C\C/C=C\C/C=C\C/C=C\C/C=C\CCCC(=O)OCC(COC(=O)CCCCCCCCCC)OC(=O)CCCCCCCCCCCCCC/C=C\C/C=C\C/C=C\C/C=C\CC. The first-order valence-corrected chi connectivity index (χ1v) is 32.5. The molecule has 0 heterocycles. The van der Waals surface area contributed by atoms with Crippen LogP contribution in [0.1, 0.15) is 271 Å². The van der Waals surface area contributed by atoms with Gasteiger partial charge in [0.1, 0.15) is 13.2 Å². The predicted octanol–water partition coefficient (Wildman–Crippen LogP) is 22.5. The molecule has 0 radical (unpaired) electrons. The maximum atomic E-state index is 12.9. The Kier molecular flexibility index (Phi) is 62.4. The largest absolute Gasteiger partial charge is 0.462 e. The van der Waals surface area contributed by atoms with Gasteiger partial charge >= 0.3 is 17.9 Å². The number of rotatable bonds is 57. The maximum absolute atomic E-state index is 12.9. The van der Waals surface area contributed by atoms with Crippen molar-refractivity contribution < 1.29 is 28.6 Å². The van der Waals surface area contributed by atoms with E-state index in [1.807, 2.05) is 0 Å². The molecule has 0 saturated heterocycles. The van der Waals surface area contributed by atoms with Gasteiger partial charge in [-0.25, -0.2) is 0 Å². The fraction of sp³-hybridized carbons (Fsp3) is 0.608. The zero-order valence-electron chi connectivity index (χ0n) is 51.5. The van der Waals surface area contributed by atoms with Crippen LogP contribution in [0.4, 0.5) is 0 Å². The lowest BCUT2D eigenvalue weighted by atomic mass is 10.0. The van der Waals surface area contributed by atoms with Crippen LogP contribution in [0.2, 0.25) is 0 Å². The standard InChI is InChI=1S/C74H118O6/c1-4-7-10-13-16-19-21-23-25-27-29-31-33-35-36-37-38-40-41-43-45-47-49-51-53-55-58-61-64-67-73(76)79-70-71(69-78-72(75)66-63-60-57-18-15-12-9-6-3)80-74(77)68-65-62-59-56-54-52-50-48-46-44-42-39-34-32-30-28-26-24-22-20-17-14-11-8-5-2/h7-8,10-11,16-17,19-20,23-26,29-32,35-36,38,40,43,45,49,51,55,58,71H,4-6,9,12-15,18,21-22,27-28,33-34,37,39,41-42,44,46-48,50,52-54,56-57,59-70H2,1-3H3/b10-7-,11-8-,19-16-,20-17-,25-23-,26-24-,31-29-,32-30-,36-35-,40-38-,45-43-,51-49-,58-55-. The Bertz CT molecular complexity index is 1790. The Morgan fingerprint density at radius 1 is 0.263 bits per heavy atom. The Morgan fingerprint density at radius 2 is 0.500 bits per heavy atom. The number of esters is 3. The summed E-state index contributed by atoms with van der Waals surface area (Å²) in [4.78, 5) is 38.1. The second-order valence-corrected chi connectivity index (χ2v) is 20.9. The highest BCUT2D eigenvalue weighted by molar-refractivity contribution is 5.71. The van der Waals surface area contributed by atoms with Crippen molar-refractivity contribution in [2.75, 3.05) is 13.2 Å². The Morgan fingerprint density at radius 3 is 0.812 bits per heavy atom. The lowest BCUT2D eigenvalue weighted by molar-refractivity contribution is -0.167. The maximum Gasteiger partial charge on any atom is 0.306 e. The van der Waals surface area contributed by atoms with E-state index in [0.29, 0.717) is 19.3 Å². The first-order chi connectivity index (χ1) is 39.5. The Hall–Kier alpha value is -4.97. The van der Waals surface area contributed by atoms with Crippen LogP contribution in [0.3, 0.4) is 0 Å². The summed E-state index contributed by atoms with van der Waals surface area (Å²) in [6, 6.07) is 0. The monoisotopic (exact) mass is 1100 g/mol. The van der Waals surface area contributed by atoms with Gasteiger partial charge in [0.25, 0.3) is 0 Å². The minimum atomic E-state index is -0.808. The highest BCUT2D eigenvalue weighted by atomic mass is 16.6. The van der Waals surface area contributed by atoms with Gasteiger partial charge in [-0.15, -0.1) is 0 Å². The predicted molar refractivity (Wildman–Crippen MR) is 348 cm³/mol. The topological polar surface area (TPSA) is 78.9 Å². The minimum absolute atomic E-state index is 0.101. The van der Waals surface area contributed by atoms with E-state index in [4.69, 9.17) is 14.2 Å². The van der Waals surface area contributed by atoms with Crippen LogP contribution < -0.4 is 0 Å². The summed E-state index contributed by atoms with van der Waals surface area (Å²) >= 11 is 0. The third kappa shape index (κ3) is 63.9. The van der Waals surface area contributed by atoms with Crippen molar-refractivity contribution in [2.45, 2.75) is 277 Å². The number of carbonyl (C=O) groups is 3. The highest BCUT2D eigenvalue weighted by Crippen LogP contribution is 2.15. The van der Waals surface area contributed by atoms with Crippen LogP contribution in [0, 0.1) is 0 Å². The summed E-state index contributed by atoms with van der Waals surface area (Å²) < 4.78 is 16.8. The summed E-state index contributed by atoms with van der Waals surface area (Å²) in [5, 5.41) is 0. The minimum Gasteiger partial charge on any atom is -0.462 e. The van der Waals surface area contributed by atoms with Gasteiger partial charge in [-0.05, 0) is 122 Å². The lowest BCUT2D eigenvalue weighted by Crippen LogP contribution is -2.30. The van der Waals surface area contributed by atoms with E-state index in [0.717, 1.165) is 128 Å². The molecule has 0 aromatic rings. The highest BCUT2D eigenvalue weighted by Gasteiger charge is 2.19. The average molecular weight is 1100 g/mol. The quantitative estimate of drug-likeness (QED) is 0.0261. The normalized spacial score (nSPS) is 13.2. The third-order valence-electron chi connectivity index (χ3n) is 13.3. The molecular formula is C74H118O6. The van der Waals surface area contributed by atoms with Crippen LogP contribution in [0.5, 0.6) is 0 Å². The van der Waals surface area contributed by atoms with Crippen LogP contribution in [-0.4, -0.2) is 37.2 Å². The smallest absolute Gasteiger partial charge is 0.306 e. The summed E-state index contributed by atoms with van der Waals surface area (Å²) in [5.41, 5.74) is 0. The molecule has 450 valence electrons. The summed E-state index contributed by atoms with van der Waals surface area (Å²) in [5.74, 6) is -0.972. The molecule has 0 fully saturated rings. The summed E-state index contributed by atoms with van der Waals surface area (Å²) in [6.07, 6.45) is 97.0. The molecule has 0 spiro atoms. The zero-order valence-corrected chi connectivity index (χ0v) is 51.5. The Labute approximate surface area is 492 Å². The van der Waals surface area contributed by atoms with Crippen molar-refractivity contribution >= 4 is 17.9 Å².